The zero-order valence-electron chi connectivity index (χ0n) is 16.7. The fourth-order valence-electron chi connectivity index (χ4n) is 3.28. The summed E-state index contributed by atoms with van der Waals surface area (Å²) in [7, 11) is 3.88. The van der Waals surface area contributed by atoms with E-state index in [0.29, 0.717) is 23.7 Å². The molecule has 4 rings (SSSR count). The lowest BCUT2D eigenvalue weighted by molar-refractivity contribution is 0.101. The number of nitrogens with one attached hydrogen (secondary N) is 2. The second-order valence-corrected chi connectivity index (χ2v) is 7.34. The summed E-state index contributed by atoms with van der Waals surface area (Å²) < 4.78 is 5.23. The summed E-state index contributed by atoms with van der Waals surface area (Å²) in [4.78, 5) is 22.7. The summed E-state index contributed by atoms with van der Waals surface area (Å²) in [5, 5.41) is 6.85. The molecule has 0 aliphatic rings. The second-order valence-electron chi connectivity index (χ2n) is 7.34. The van der Waals surface area contributed by atoms with Crippen LogP contribution in [0.4, 0.5) is 5.69 Å². The molecule has 2 aromatic heterocycles. The molecular weight excluding hydrogens is 366 g/mol. The van der Waals surface area contributed by atoms with Crippen LogP contribution in [-0.4, -0.2) is 40.0 Å². The van der Waals surface area contributed by atoms with Crippen molar-refractivity contribution in [3.63, 3.8) is 0 Å². The van der Waals surface area contributed by atoms with Crippen molar-refractivity contribution in [3.05, 3.63) is 76.9 Å². The van der Waals surface area contributed by atoms with E-state index in [1.165, 1.54) is 5.56 Å². The number of amides is 1. The third kappa shape index (κ3) is 4.20. The third-order valence-corrected chi connectivity index (χ3v) is 4.68. The van der Waals surface area contributed by atoms with Crippen molar-refractivity contribution in [1.29, 1.82) is 0 Å². The van der Waals surface area contributed by atoms with Crippen LogP contribution < -0.4 is 5.32 Å². The normalized spacial score (nSPS) is 11.3. The summed E-state index contributed by atoms with van der Waals surface area (Å²) in [6.45, 7) is 2.40. The van der Waals surface area contributed by atoms with Crippen LogP contribution in [0.2, 0.25) is 0 Å². The zero-order valence-corrected chi connectivity index (χ0v) is 16.7. The van der Waals surface area contributed by atoms with Crippen molar-refractivity contribution in [2.24, 2.45) is 0 Å². The Balaban J connectivity index is 1.53. The molecule has 4 aromatic rings. The molecule has 0 saturated heterocycles. The van der Waals surface area contributed by atoms with Crippen molar-refractivity contribution in [3.8, 4) is 0 Å². The van der Waals surface area contributed by atoms with Crippen molar-refractivity contribution in [2.45, 2.75) is 19.9 Å². The minimum Gasteiger partial charge on any atom is -0.361 e. The molecular formula is C22H23N5O2. The predicted molar refractivity (Wildman–Crippen MR) is 112 cm³/mol. The lowest BCUT2D eigenvalue weighted by Gasteiger charge is -2.09. The van der Waals surface area contributed by atoms with Crippen LogP contribution in [0.3, 0.4) is 0 Å². The van der Waals surface area contributed by atoms with Gasteiger partial charge in [0.25, 0.3) is 5.91 Å². The Morgan fingerprint density at radius 1 is 1.17 bits per heavy atom. The van der Waals surface area contributed by atoms with Gasteiger partial charge in [-0.15, -0.1) is 0 Å². The lowest BCUT2D eigenvalue weighted by Crippen LogP contribution is -2.18. The Bertz CT molecular complexity index is 1140. The standard InChI is InChI=1S/C22H23N5O2/c1-14-17(13-27(2)3)21(26-29-14)22(28)23-16-9-10-18-19(12-16)25-20(24-18)11-15-7-5-4-6-8-15/h4-10,12H,11,13H2,1-3H3,(H,23,28)(H,24,25). The fraction of sp³-hybridized carbons (Fsp3) is 0.227. The van der Waals surface area contributed by atoms with Crippen LogP contribution in [0.1, 0.15) is 33.2 Å². The Morgan fingerprint density at radius 2 is 1.97 bits per heavy atom. The van der Waals surface area contributed by atoms with Crippen LogP contribution in [-0.2, 0) is 13.0 Å². The molecule has 0 spiro atoms. The minimum atomic E-state index is -0.290. The minimum absolute atomic E-state index is 0.290. The van der Waals surface area contributed by atoms with Crippen LogP contribution in [0.5, 0.6) is 0 Å². The van der Waals surface area contributed by atoms with Gasteiger partial charge in [-0.1, -0.05) is 35.5 Å². The van der Waals surface area contributed by atoms with Gasteiger partial charge in [-0.05, 0) is 44.8 Å². The number of hydrogen-bond donors (Lipinski definition) is 2. The number of aromatic nitrogens is 3. The maximum absolute atomic E-state index is 12.7. The number of carbonyl (C=O) groups excluding carboxylic acids is 1. The van der Waals surface area contributed by atoms with Gasteiger partial charge in [0.05, 0.1) is 11.0 Å². The van der Waals surface area contributed by atoms with Gasteiger partial charge in [0.2, 0.25) is 0 Å². The van der Waals surface area contributed by atoms with E-state index in [1.54, 1.807) is 0 Å². The Labute approximate surface area is 168 Å². The molecule has 2 aromatic carbocycles. The van der Waals surface area contributed by atoms with Gasteiger partial charge in [0.15, 0.2) is 5.69 Å². The summed E-state index contributed by atoms with van der Waals surface area (Å²) in [6, 6.07) is 15.8. The molecule has 0 aliphatic carbocycles. The Hall–Kier alpha value is -3.45. The van der Waals surface area contributed by atoms with Crippen molar-refractivity contribution in [1.82, 2.24) is 20.0 Å². The van der Waals surface area contributed by atoms with Crippen molar-refractivity contribution in [2.75, 3.05) is 19.4 Å². The molecule has 29 heavy (non-hydrogen) atoms. The van der Waals surface area contributed by atoms with Crippen molar-refractivity contribution < 1.29 is 9.32 Å². The summed E-state index contributed by atoms with van der Waals surface area (Å²) >= 11 is 0. The molecule has 148 valence electrons. The van der Waals surface area contributed by atoms with E-state index in [1.807, 2.05) is 62.3 Å². The number of aryl methyl sites for hydroxylation is 1. The number of rotatable bonds is 6. The van der Waals surface area contributed by atoms with E-state index in [0.717, 1.165) is 28.8 Å². The van der Waals surface area contributed by atoms with Gasteiger partial charge in [-0.2, -0.15) is 0 Å². The third-order valence-electron chi connectivity index (χ3n) is 4.68. The first-order valence-electron chi connectivity index (χ1n) is 9.43. The molecule has 2 N–H and O–H groups in total. The van der Waals surface area contributed by atoms with E-state index in [-0.39, 0.29) is 5.91 Å². The first-order valence-corrected chi connectivity index (χ1v) is 9.43. The number of H-pyrrole nitrogens is 1. The summed E-state index contributed by atoms with van der Waals surface area (Å²) in [5.41, 5.74) is 4.70. The largest absolute Gasteiger partial charge is 0.361 e. The molecule has 0 bridgehead atoms. The number of carbonyl (C=O) groups is 1. The van der Waals surface area contributed by atoms with Gasteiger partial charge < -0.3 is 19.7 Å². The molecule has 7 heteroatoms. The quantitative estimate of drug-likeness (QED) is 0.524. The van der Waals surface area contributed by atoms with Gasteiger partial charge in [-0.3, -0.25) is 4.79 Å². The Morgan fingerprint density at radius 3 is 2.72 bits per heavy atom. The molecule has 2 heterocycles. The first-order chi connectivity index (χ1) is 14.0. The average Bonchev–Trinajstić information content (AvgIpc) is 3.25. The van der Waals surface area contributed by atoms with E-state index in [9.17, 15) is 4.79 Å². The second kappa shape index (κ2) is 7.89. The SMILES string of the molecule is Cc1onc(C(=O)Nc2ccc3nc(Cc4ccccc4)[nH]c3c2)c1CN(C)C. The van der Waals surface area contributed by atoms with Crippen LogP contribution in [0.15, 0.2) is 53.1 Å². The lowest BCUT2D eigenvalue weighted by atomic mass is 10.1. The van der Waals surface area contributed by atoms with Crippen LogP contribution in [0, 0.1) is 6.92 Å². The molecule has 0 radical (unpaired) electrons. The van der Waals surface area contributed by atoms with E-state index >= 15 is 0 Å². The highest BCUT2D eigenvalue weighted by atomic mass is 16.5. The molecule has 0 aliphatic heterocycles. The van der Waals surface area contributed by atoms with Gasteiger partial charge >= 0.3 is 0 Å². The maximum Gasteiger partial charge on any atom is 0.278 e. The maximum atomic E-state index is 12.7. The molecule has 0 saturated carbocycles. The summed E-state index contributed by atoms with van der Waals surface area (Å²) in [5.74, 6) is 1.25. The van der Waals surface area contributed by atoms with Crippen LogP contribution in [0.25, 0.3) is 11.0 Å². The highest BCUT2D eigenvalue weighted by Crippen LogP contribution is 2.21. The topological polar surface area (TPSA) is 87.0 Å². The van der Waals surface area contributed by atoms with Gasteiger partial charge in [-0.25, -0.2) is 4.98 Å². The molecule has 1 amide bonds. The number of anilines is 1. The number of fused-ring (bicyclic) bond motifs is 1. The summed E-state index contributed by atoms with van der Waals surface area (Å²) in [6.07, 6.45) is 0.726. The van der Waals surface area contributed by atoms with E-state index < -0.39 is 0 Å². The molecule has 0 unspecified atom stereocenters. The first kappa shape index (κ1) is 18.9. The fourth-order valence-corrected chi connectivity index (χ4v) is 3.28. The number of hydrogen-bond acceptors (Lipinski definition) is 5. The molecule has 7 nitrogen and oxygen atoms in total. The Kier molecular flexibility index (Phi) is 5.14. The van der Waals surface area contributed by atoms with E-state index in [4.69, 9.17) is 4.52 Å². The van der Waals surface area contributed by atoms with Crippen molar-refractivity contribution >= 4 is 22.6 Å². The van der Waals surface area contributed by atoms with E-state index in [2.05, 4.69) is 32.6 Å². The molecule has 0 atom stereocenters. The highest BCUT2D eigenvalue weighted by molar-refractivity contribution is 6.04. The number of nitrogens with zero attached hydrogens (tertiary/aromatic N) is 3. The number of imidazole rings is 1. The number of benzene rings is 2. The number of aromatic amines is 1. The van der Waals surface area contributed by atoms with Gasteiger partial charge in [0, 0.05) is 24.2 Å². The van der Waals surface area contributed by atoms with Gasteiger partial charge in [0.1, 0.15) is 11.6 Å². The molecule has 0 fully saturated rings. The highest BCUT2D eigenvalue weighted by Gasteiger charge is 2.20. The predicted octanol–water partition coefficient (Wildman–Crippen LogP) is 3.76. The van der Waals surface area contributed by atoms with Crippen LogP contribution >= 0.6 is 0 Å². The average molecular weight is 389 g/mol. The smallest absolute Gasteiger partial charge is 0.278 e. The zero-order chi connectivity index (χ0) is 20.4. The monoisotopic (exact) mass is 389 g/mol.